The molecule has 3 heteroatoms. The lowest BCUT2D eigenvalue weighted by atomic mass is 10.1. The van der Waals surface area contributed by atoms with Gasteiger partial charge in [0.1, 0.15) is 0 Å². The van der Waals surface area contributed by atoms with Gasteiger partial charge in [0.05, 0.1) is 0 Å². The Morgan fingerprint density at radius 2 is 1.95 bits per heavy atom. The molecule has 0 bridgehead atoms. The fourth-order valence-electron chi connectivity index (χ4n) is 2.73. The summed E-state index contributed by atoms with van der Waals surface area (Å²) in [4.78, 5) is 0. The van der Waals surface area contributed by atoms with Gasteiger partial charge in [-0.25, -0.2) is 0 Å². The molecule has 0 radical (unpaired) electrons. The number of hydrogen-bond acceptors (Lipinski definition) is 1. The lowest BCUT2D eigenvalue weighted by molar-refractivity contribution is 0.821. The van der Waals surface area contributed by atoms with Crippen LogP contribution in [0.25, 0.3) is 10.9 Å². The molecule has 2 nitrogen and oxygen atoms in total. The highest BCUT2D eigenvalue weighted by molar-refractivity contribution is 6.31. The van der Waals surface area contributed by atoms with Crippen LogP contribution in [-0.4, -0.2) is 11.6 Å². The highest BCUT2D eigenvalue weighted by Gasteiger charge is 2.07. The molecule has 3 aromatic rings. The second-order valence-electron chi connectivity index (χ2n) is 5.42. The third-order valence-corrected chi connectivity index (χ3v) is 4.17. The molecular formula is C18H19ClN2. The monoisotopic (exact) mass is 298 g/mol. The molecular weight excluding hydrogens is 280 g/mol. The minimum Gasteiger partial charge on any atom is -0.343 e. The Balaban J connectivity index is 1.99. The molecule has 0 saturated carbocycles. The fraction of sp³-hybridized carbons (Fsp3) is 0.222. The quantitative estimate of drug-likeness (QED) is 0.757. The number of nitrogens with zero attached hydrogens (tertiary/aromatic N) is 1. The molecule has 0 saturated heterocycles. The maximum absolute atomic E-state index is 6.36. The second kappa shape index (κ2) is 5.92. The van der Waals surface area contributed by atoms with E-state index in [1.807, 2.05) is 13.1 Å². The van der Waals surface area contributed by atoms with Crippen molar-refractivity contribution >= 4 is 22.5 Å². The summed E-state index contributed by atoms with van der Waals surface area (Å²) in [5.41, 5.74) is 4.92. The molecule has 21 heavy (non-hydrogen) atoms. The first kappa shape index (κ1) is 14.2. The lowest BCUT2D eigenvalue weighted by Gasteiger charge is -2.09. The average molecular weight is 299 g/mol. The fourth-order valence-corrected chi connectivity index (χ4v) is 3.03. The van der Waals surface area contributed by atoms with Gasteiger partial charge in [-0.3, -0.25) is 0 Å². The van der Waals surface area contributed by atoms with Crippen molar-refractivity contribution in [2.45, 2.75) is 20.0 Å². The van der Waals surface area contributed by atoms with Gasteiger partial charge in [0.2, 0.25) is 0 Å². The molecule has 1 aromatic heterocycles. The van der Waals surface area contributed by atoms with E-state index in [1.165, 1.54) is 22.0 Å². The van der Waals surface area contributed by atoms with Crippen LogP contribution in [0.4, 0.5) is 0 Å². The van der Waals surface area contributed by atoms with E-state index in [-0.39, 0.29) is 0 Å². The van der Waals surface area contributed by atoms with Crippen LogP contribution in [0.15, 0.2) is 48.7 Å². The number of halogens is 1. The van der Waals surface area contributed by atoms with Crippen LogP contribution in [-0.2, 0) is 13.1 Å². The molecule has 0 fully saturated rings. The number of rotatable bonds is 4. The molecule has 0 amide bonds. The summed E-state index contributed by atoms with van der Waals surface area (Å²) in [5.74, 6) is 0. The number of aromatic nitrogens is 1. The first-order valence-electron chi connectivity index (χ1n) is 7.15. The zero-order valence-electron chi connectivity index (χ0n) is 12.4. The van der Waals surface area contributed by atoms with Crippen molar-refractivity contribution < 1.29 is 0 Å². The van der Waals surface area contributed by atoms with Crippen LogP contribution in [0.2, 0.25) is 5.02 Å². The summed E-state index contributed by atoms with van der Waals surface area (Å²) in [6, 6.07) is 14.9. The molecule has 1 heterocycles. The van der Waals surface area contributed by atoms with Crippen LogP contribution in [0.1, 0.15) is 16.7 Å². The van der Waals surface area contributed by atoms with E-state index in [1.54, 1.807) is 0 Å². The van der Waals surface area contributed by atoms with E-state index < -0.39 is 0 Å². The molecule has 0 atom stereocenters. The molecule has 3 rings (SSSR count). The summed E-state index contributed by atoms with van der Waals surface area (Å²) in [6.45, 7) is 3.74. The summed E-state index contributed by atoms with van der Waals surface area (Å²) >= 11 is 6.36. The normalized spacial score (nSPS) is 11.2. The number of nitrogens with one attached hydrogen (secondary N) is 1. The highest BCUT2D eigenvalue weighted by atomic mass is 35.5. The number of hydrogen-bond donors (Lipinski definition) is 1. The Kier molecular flexibility index (Phi) is 4.00. The summed E-state index contributed by atoms with van der Waals surface area (Å²) in [6.07, 6.45) is 2.14. The first-order valence-corrected chi connectivity index (χ1v) is 7.53. The van der Waals surface area contributed by atoms with Crippen LogP contribution >= 0.6 is 11.6 Å². The van der Waals surface area contributed by atoms with Crippen LogP contribution in [0, 0.1) is 6.92 Å². The predicted molar refractivity (Wildman–Crippen MR) is 90.0 cm³/mol. The second-order valence-corrected chi connectivity index (χ2v) is 5.83. The third kappa shape index (κ3) is 2.82. The Morgan fingerprint density at radius 1 is 1.10 bits per heavy atom. The molecule has 0 aliphatic rings. The standard InChI is InChI=1S/C18H19ClN2/c1-13-6-7-15(17(19)10-13)12-21-9-8-16-14(11-20-2)4-3-5-18(16)21/h3-10,20H,11-12H2,1-2H3. The minimum absolute atomic E-state index is 0.797. The van der Waals surface area contributed by atoms with Gasteiger partial charge in [-0.15, -0.1) is 0 Å². The maximum atomic E-state index is 6.36. The average Bonchev–Trinajstić information content (AvgIpc) is 2.87. The van der Waals surface area contributed by atoms with Gasteiger partial charge >= 0.3 is 0 Å². The third-order valence-electron chi connectivity index (χ3n) is 3.82. The van der Waals surface area contributed by atoms with Crippen LogP contribution in [0.3, 0.4) is 0 Å². The van der Waals surface area contributed by atoms with Gasteiger partial charge in [-0.1, -0.05) is 35.9 Å². The van der Waals surface area contributed by atoms with Crippen molar-refractivity contribution in [3.8, 4) is 0 Å². The van der Waals surface area contributed by atoms with Crippen molar-refractivity contribution in [2.24, 2.45) is 0 Å². The first-order chi connectivity index (χ1) is 10.2. The molecule has 0 aliphatic carbocycles. The zero-order valence-corrected chi connectivity index (χ0v) is 13.1. The Labute approximate surface area is 130 Å². The topological polar surface area (TPSA) is 17.0 Å². The molecule has 108 valence electrons. The largest absolute Gasteiger partial charge is 0.343 e. The van der Waals surface area contributed by atoms with E-state index in [9.17, 15) is 0 Å². The van der Waals surface area contributed by atoms with E-state index in [2.05, 4.69) is 59.4 Å². The van der Waals surface area contributed by atoms with Crippen molar-refractivity contribution in [3.63, 3.8) is 0 Å². The Morgan fingerprint density at radius 3 is 2.71 bits per heavy atom. The summed E-state index contributed by atoms with van der Waals surface area (Å²) in [5, 5.41) is 5.36. The lowest BCUT2D eigenvalue weighted by Crippen LogP contribution is -2.05. The van der Waals surface area contributed by atoms with E-state index in [0.29, 0.717) is 0 Å². The number of benzene rings is 2. The van der Waals surface area contributed by atoms with Crippen molar-refractivity contribution in [1.82, 2.24) is 9.88 Å². The SMILES string of the molecule is CNCc1cccc2c1ccn2Cc1ccc(C)cc1Cl. The van der Waals surface area contributed by atoms with E-state index in [0.717, 1.165) is 23.7 Å². The Hall–Kier alpha value is -1.77. The van der Waals surface area contributed by atoms with E-state index in [4.69, 9.17) is 11.6 Å². The van der Waals surface area contributed by atoms with Gasteiger partial charge in [0, 0.05) is 35.2 Å². The van der Waals surface area contributed by atoms with Crippen molar-refractivity contribution in [3.05, 3.63) is 70.4 Å². The minimum atomic E-state index is 0.797. The summed E-state index contributed by atoms with van der Waals surface area (Å²) < 4.78 is 2.26. The van der Waals surface area contributed by atoms with Crippen LogP contribution in [0.5, 0.6) is 0 Å². The highest BCUT2D eigenvalue weighted by Crippen LogP contribution is 2.24. The van der Waals surface area contributed by atoms with Crippen molar-refractivity contribution in [2.75, 3.05) is 7.05 Å². The van der Waals surface area contributed by atoms with Crippen LogP contribution < -0.4 is 5.32 Å². The maximum Gasteiger partial charge on any atom is 0.0490 e. The smallest absolute Gasteiger partial charge is 0.0490 e. The van der Waals surface area contributed by atoms with Gasteiger partial charge in [-0.05, 0) is 48.9 Å². The van der Waals surface area contributed by atoms with Gasteiger partial charge in [0.25, 0.3) is 0 Å². The molecule has 0 aliphatic heterocycles. The molecule has 0 spiro atoms. The molecule has 2 aromatic carbocycles. The molecule has 1 N–H and O–H groups in total. The summed E-state index contributed by atoms with van der Waals surface area (Å²) in [7, 11) is 1.97. The van der Waals surface area contributed by atoms with Crippen molar-refractivity contribution in [1.29, 1.82) is 0 Å². The predicted octanol–water partition coefficient (Wildman–Crippen LogP) is 4.37. The van der Waals surface area contributed by atoms with Gasteiger partial charge in [0.15, 0.2) is 0 Å². The Bertz CT molecular complexity index is 774. The number of fused-ring (bicyclic) bond motifs is 1. The number of aryl methyl sites for hydroxylation is 1. The van der Waals surface area contributed by atoms with Gasteiger partial charge in [-0.2, -0.15) is 0 Å². The van der Waals surface area contributed by atoms with Gasteiger partial charge < -0.3 is 9.88 Å². The molecule has 0 unspecified atom stereocenters. The zero-order chi connectivity index (χ0) is 14.8. The van der Waals surface area contributed by atoms with E-state index >= 15 is 0 Å².